The van der Waals surface area contributed by atoms with E-state index in [1.807, 2.05) is 0 Å². The Kier molecular flexibility index (Phi) is 6.02. The van der Waals surface area contributed by atoms with E-state index in [2.05, 4.69) is 22.0 Å². The summed E-state index contributed by atoms with van der Waals surface area (Å²) in [6.07, 6.45) is -5.11. The molecule has 5 atom stereocenters. The standard InChI is InChI=1S/C21H21N3O7S/c22-32(29,30)15-3-1-2-11(8-15)13-6-12(18-14(7-13)9-23-24-18)4-5-16-19(26)21(28)20(27)17(10-25)31-16/h1-3,6-9,16-17,19-21,25-28H,10H2,(H,23,24)(H2,22,29,30)/t16-,17-,19-,20-,21-/m1/s1. The van der Waals surface area contributed by atoms with E-state index >= 15 is 0 Å². The molecule has 2 aromatic carbocycles. The normalized spacial score (nSPS) is 26.0. The first-order valence-corrected chi connectivity index (χ1v) is 11.2. The number of ether oxygens (including phenoxy) is 1. The summed E-state index contributed by atoms with van der Waals surface area (Å²) >= 11 is 0. The lowest BCUT2D eigenvalue weighted by molar-refractivity contribution is -0.214. The maximum absolute atomic E-state index is 11.7. The molecule has 0 aliphatic carbocycles. The summed E-state index contributed by atoms with van der Waals surface area (Å²) in [5.74, 6) is 5.62. The van der Waals surface area contributed by atoms with Crippen LogP contribution in [0.5, 0.6) is 0 Å². The number of fused-ring (bicyclic) bond motifs is 1. The van der Waals surface area contributed by atoms with Gasteiger partial charge >= 0.3 is 0 Å². The van der Waals surface area contributed by atoms with Gasteiger partial charge in [0.25, 0.3) is 0 Å². The predicted molar refractivity (Wildman–Crippen MR) is 114 cm³/mol. The fourth-order valence-electron chi connectivity index (χ4n) is 3.55. The molecule has 0 unspecified atom stereocenters. The third kappa shape index (κ3) is 4.25. The van der Waals surface area contributed by atoms with Gasteiger partial charge in [0.05, 0.1) is 28.8 Å². The van der Waals surface area contributed by atoms with Crippen LogP contribution in [0.15, 0.2) is 47.5 Å². The summed E-state index contributed by atoms with van der Waals surface area (Å²) in [6.45, 7) is -0.552. The lowest BCUT2D eigenvalue weighted by Crippen LogP contribution is -2.58. The fourth-order valence-corrected chi connectivity index (χ4v) is 4.10. The van der Waals surface area contributed by atoms with E-state index in [0.29, 0.717) is 27.6 Å². The van der Waals surface area contributed by atoms with Gasteiger partial charge in [0, 0.05) is 5.39 Å². The van der Waals surface area contributed by atoms with Crippen molar-refractivity contribution in [3.05, 3.63) is 48.2 Å². The van der Waals surface area contributed by atoms with E-state index in [9.17, 15) is 28.8 Å². The molecule has 0 radical (unpaired) electrons. The monoisotopic (exact) mass is 459 g/mol. The van der Waals surface area contributed by atoms with Gasteiger partial charge in [-0.3, -0.25) is 5.10 Å². The molecule has 1 aliphatic heterocycles. The van der Waals surface area contributed by atoms with Crippen LogP contribution >= 0.6 is 0 Å². The summed E-state index contributed by atoms with van der Waals surface area (Å²) in [6, 6.07) is 9.67. The van der Waals surface area contributed by atoms with Crippen molar-refractivity contribution in [2.24, 2.45) is 5.14 Å². The molecule has 4 rings (SSSR count). The molecule has 11 heteroatoms. The summed E-state index contributed by atoms with van der Waals surface area (Å²) in [4.78, 5) is -0.0313. The number of sulfonamides is 1. The van der Waals surface area contributed by atoms with Crippen LogP contribution in [-0.4, -0.2) is 76.2 Å². The van der Waals surface area contributed by atoms with Gasteiger partial charge in [0.2, 0.25) is 10.0 Å². The average Bonchev–Trinajstić information content (AvgIpc) is 3.25. The highest BCUT2D eigenvalue weighted by Crippen LogP contribution is 2.28. The molecule has 10 nitrogen and oxygen atoms in total. The zero-order valence-corrected chi connectivity index (χ0v) is 17.4. The summed E-state index contributed by atoms with van der Waals surface area (Å²) < 4.78 is 28.8. The van der Waals surface area contributed by atoms with E-state index in [0.717, 1.165) is 0 Å². The van der Waals surface area contributed by atoms with Crippen molar-refractivity contribution in [1.29, 1.82) is 0 Å². The average molecular weight is 459 g/mol. The number of hydrogen-bond donors (Lipinski definition) is 6. The summed E-state index contributed by atoms with van der Waals surface area (Å²) in [7, 11) is -3.88. The molecule has 1 aliphatic rings. The number of aromatic amines is 1. The number of rotatable bonds is 3. The van der Waals surface area contributed by atoms with Gasteiger partial charge in [0.15, 0.2) is 0 Å². The van der Waals surface area contributed by atoms with Crippen molar-refractivity contribution < 1.29 is 33.6 Å². The maximum atomic E-state index is 11.7. The Labute approximate surface area is 183 Å². The van der Waals surface area contributed by atoms with Crippen LogP contribution in [0.2, 0.25) is 0 Å². The highest BCUT2D eigenvalue weighted by Gasteiger charge is 2.42. The third-order valence-electron chi connectivity index (χ3n) is 5.29. The Morgan fingerprint density at radius 2 is 1.88 bits per heavy atom. The first kappa shape index (κ1) is 22.4. The fraction of sp³-hybridized carbons (Fsp3) is 0.286. The van der Waals surface area contributed by atoms with Crippen LogP contribution in [0.3, 0.4) is 0 Å². The zero-order valence-electron chi connectivity index (χ0n) is 16.6. The maximum Gasteiger partial charge on any atom is 0.238 e. The molecule has 1 aromatic heterocycles. The van der Waals surface area contributed by atoms with Crippen molar-refractivity contribution >= 4 is 20.9 Å². The van der Waals surface area contributed by atoms with E-state index in [-0.39, 0.29) is 4.90 Å². The van der Waals surface area contributed by atoms with Gasteiger partial charge in [0.1, 0.15) is 30.5 Å². The third-order valence-corrected chi connectivity index (χ3v) is 6.20. The molecule has 0 amide bonds. The molecule has 168 valence electrons. The number of benzene rings is 2. The van der Waals surface area contributed by atoms with Crippen molar-refractivity contribution in [3.8, 4) is 23.0 Å². The Hall–Kier alpha value is -2.82. The highest BCUT2D eigenvalue weighted by molar-refractivity contribution is 7.89. The molecule has 2 heterocycles. The molecule has 0 saturated carbocycles. The number of nitrogens with zero attached hydrogens (tertiary/aromatic N) is 1. The lowest BCUT2D eigenvalue weighted by Gasteiger charge is -2.37. The van der Waals surface area contributed by atoms with E-state index in [1.54, 1.807) is 30.5 Å². The number of nitrogens with two attached hydrogens (primary N) is 1. The second-order valence-corrected chi connectivity index (χ2v) is 9.01. The van der Waals surface area contributed by atoms with Crippen LogP contribution in [0.4, 0.5) is 0 Å². The van der Waals surface area contributed by atoms with Gasteiger partial charge in [-0.05, 0) is 35.4 Å². The lowest BCUT2D eigenvalue weighted by atomic mass is 9.95. The van der Waals surface area contributed by atoms with E-state index < -0.39 is 47.2 Å². The van der Waals surface area contributed by atoms with Gasteiger partial charge in [-0.1, -0.05) is 24.0 Å². The van der Waals surface area contributed by atoms with E-state index in [4.69, 9.17) is 9.88 Å². The van der Waals surface area contributed by atoms with Crippen LogP contribution in [0.25, 0.3) is 22.0 Å². The van der Waals surface area contributed by atoms with Gasteiger partial charge in [-0.2, -0.15) is 5.10 Å². The predicted octanol–water partition coefficient (Wildman–Crippen LogP) is -0.929. The number of primary sulfonamides is 1. The number of hydrogen-bond acceptors (Lipinski definition) is 8. The SMILES string of the molecule is NS(=O)(=O)c1cccc(-c2cc(C#C[C@H]3O[C@H](CO)[C@@H](O)[C@H](O)[C@@H]3O)c3[nH]ncc3c2)c1. The number of aromatic nitrogens is 2. The topological polar surface area (TPSA) is 179 Å². The summed E-state index contributed by atoms with van der Waals surface area (Å²) in [5, 5.41) is 52.2. The van der Waals surface area contributed by atoms with Crippen molar-refractivity contribution in [1.82, 2.24) is 10.2 Å². The number of H-pyrrole nitrogens is 1. The molecule has 1 fully saturated rings. The second-order valence-electron chi connectivity index (χ2n) is 7.45. The smallest absolute Gasteiger partial charge is 0.238 e. The second kappa shape index (κ2) is 8.61. The van der Waals surface area contributed by atoms with Crippen LogP contribution in [0.1, 0.15) is 5.56 Å². The summed E-state index contributed by atoms with van der Waals surface area (Å²) in [5.41, 5.74) is 2.33. The highest BCUT2D eigenvalue weighted by atomic mass is 32.2. The van der Waals surface area contributed by atoms with Crippen molar-refractivity contribution in [2.45, 2.75) is 35.4 Å². The number of aliphatic hydroxyl groups is 4. The van der Waals surface area contributed by atoms with Crippen LogP contribution < -0.4 is 5.14 Å². The molecule has 32 heavy (non-hydrogen) atoms. The Morgan fingerprint density at radius 3 is 2.59 bits per heavy atom. The van der Waals surface area contributed by atoms with Crippen LogP contribution in [-0.2, 0) is 14.8 Å². The Morgan fingerprint density at radius 1 is 1.09 bits per heavy atom. The minimum absolute atomic E-state index is 0.0313. The zero-order chi connectivity index (χ0) is 23.0. The van der Waals surface area contributed by atoms with Gasteiger partial charge < -0.3 is 25.2 Å². The first-order chi connectivity index (χ1) is 15.2. The quantitative estimate of drug-likeness (QED) is 0.272. The van der Waals surface area contributed by atoms with Crippen molar-refractivity contribution in [3.63, 3.8) is 0 Å². The molecule has 1 saturated heterocycles. The number of nitrogens with one attached hydrogen (secondary N) is 1. The van der Waals surface area contributed by atoms with E-state index in [1.165, 1.54) is 12.1 Å². The van der Waals surface area contributed by atoms with Gasteiger partial charge in [-0.15, -0.1) is 0 Å². The Bertz CT molecular complexity index is 1310. The minimum Gasteiger partial charge on any atom is -0.394 e. The largest absolute Gasteiger partial charge is 0.394 e. The van der Waals surface area contributed by atoms with Crippen LogP contribution in [0, 0.1) is 11.8 Å². The minimum atomic E-state index is -3.88. The van der Waals surface area contributed by atoms with Crippen molar-refractivity contribution in [2.75, 3.05) is 6.61 Å². The molecule has 7 N–H and O–H groups in total. The first-order valence-electron chi connectivity index (χ1n) is 9.61. The Balaban J connectivity index is 1.75. The molecular formula is C21H21N3O7S. The molecule has 3 aromatic rings. The number of aliphatic hydroxyl groups excluding tert-OH is 4. The molecule has 0 spiro atoms. The molecular weight excluding hydrogens is 438 g/mol. The molecule has 0 bridgehead atoms. The van der Waals surface area contributed by atoms with Gasteiger partial charge in [-0.25, -0.2) is 13.6 Å².